The molecule has 0 saturated carbocycles. The van der Waals surface area contributed by atoms with Crippen LogP contribution >= 0.6 is 0 Å². The summed E-state index contributed by atoms with van der Waals surface area (Å²) in [7, 11) is 1.66. The molecule has 1 fully saturated rings. The molecule has 0 aromatic heterocycles. The van der Waals surface area contributed by atoms with Gasteiger partial charge < -0.3 is 20.1 Å². The molecule has 5 nitrogen and oxygen atoms in total. The minimum Gasteiger partial charge on any atom is -0.494 e. The van der Waals surface area contributed by atoms with Crippen molar-refractivity contribution in [3.63, 3.8) is 0 Å². The van der Waals surface area contributed by atoms with Gasteiger partial charge in [-0.25, -0.2) is 0 Å². The number of hydrogen-bond acceptors (Lipinski definition) is 4. The van der Waals surface area contributed by atoms with Crippen molar-refractivity contribution in [3.05, 3.63) is 24.3 Å². The Balaban J connectivity index is 1.93. The van der Waals surface area contributed by atoms with Gasteiger partial charge in [-0.2, -0.15) is 0 Å². The number of hydrogen-bond donors (Lipinski definition) is 2. The number of amides is 1. The van der Waals surface area contributed by atoms with E-state index in [4.69, 9.17) is 9.47 Å². The molecule has 19 heavy (non-hydrogen) atoms. The lowest BCUT2D eigenvalue weighted by Crippen LogP contribution is -2.35. The van der Waals surface area contributed by atoms with Gasteiger partial charge in [0.25, 0.3) is 0 Å². The van der Waals surface area contributed by atoms with Crippen molar-refractivity contribution in [1.29, 1.82) is 0 Å². The quantitative estimate of drug-likeness (QED) is 0.844. The van der Waals surface area contributed by atoms with Gasteiger partial charge in [-0.05, 0) is 25.5 Å². The van der Waals surface area contributed by atoms with Gasteiger partial charge in [0.1, 0.15) is 5.75 Å². The highest BCUT2D eigenvalue weighted by molar-refractivity contribution is 5.95. The third-order valence-corrected chi connectivity index (χ3v) is 3.15. The summed E-state index contributed by atoms with van der Waals surface area (Å²) < 4.78 is 10.6. The van der Waals surface area contributed by atoms with Gasteiger partial charge in [-0.15, -0.1) is 0 Å². The molecule has 5 heteroatoms. The maximum absolute atomic E-state index is 12.1. The molecule has 0 bridgehead atoms. The largest absolute Gasteiger partial charge is 0.494 e. The fourth-order valence-electron chi connectivity index (χ4n) is 2.14. The molecule has 0 radical (unpaired) electrons. The van der Waals surface area contributed by atoms with Gasteiger partial charge in [-0.1, -0.05) is 6.07 Å². The summed E-state index contributed by atoms with van der Waals surface area (Å²) in [6.07, 6.45) is 0.818. The molecule has 2 atom stereocenters. The highest BCUT2D eigenvalue weighted by atomic mass is 16.5. The third-order valence-electron chi connectivity index (χ3n) is 3.15. The van der Waals surface area contributed by atoms with E-state index in [-0.39, 0.29) is 18.1 Å². The van der Waals surface area contributed by atoms with Crippen LogP contribution in [-0.4, -0.2) is 38.3 Å². The first kappa shape index (κ1) is 13.8. The van der Waals surface area contributed by atoms with Crippen molar-refractivity contribution in [2.24, 2.45) is 0 Å². The highest BCUT2D eigenvalue weighted by Crippen LogP contribution is 2.18. The van der Waals surface area contributed by atoms with E-state index in [1.807, 2.05) is 31.2 Å². The second-order valence-electron chi connectivity index (χ2n) is 4.50. The summed E-state index contributed by atoms with van der Waals surface area (Å²) in [6.45, 7) is 3.25. The minimum absolute atomic E-state index is 0.0341. The predicted octanol–water partition coefficient (Wildman–Crippen LogP) is 1.40. The standard InChI is InChI=1S/C14H20N2O3/c1-3-19-11-6-4-5-10(7-11)16-14(17)13-8-12(18-2)9-15-13/h4-7,12-13,15H,3,8-9H2,1-2H3,(H,16,17). The Morgan fingerprint density at radius 1 is 1.53 bits per heavy atom. The van der Waals surface area contributed by atoms with Crippen molar-refractivity contribution in [1.82, 2.24) is 5.32 Å². The van der Waals surface area contributed by atoms with Crippen LogP contribution in [0, 0.1) is 0 Å². The lowest BCUT2D eigenvalue weighted by atomic mass is 10.2. The second-order valence-corrected chi connectivity index (χ2v) is 4.50. The number of anilines is 1. The van der Waals surface area contributed by atoms with Crippen molar-refractivity contribution >= 4 is 11.6 Å². The SMILES string of the molecule is CCOc1cccc(NC(=O)C2CC(OC)CN2)c1. The molecule has 2 N–H and O–H groups in total. The summed E-state index contributed by atoms with van der Waals surface area (Å²) in [5, 5.41) is 6.04. The molecule has 1 aromatic rings. The van der Waals surface area contributed by atoms with Crippen molar-refractivity contribution < 1.29 is 14.3 Å². The van der Waals surface area contributed by atoms with Gasteiger partial charge in [0.2, 0.25) is 5.91 Å². The lowest BCUT2D eigenvalue weighted by molar-refractivity contribution is -0.118. The number of carbonyl (C=O) groups excluding carboxylic acids is 1. The van der Waals surface area contributed by atoms with Crippen LogP contribution in [-0.2, 0) is 9.53 Å². The van der Waals surface area contributed by atoms with Crippen LogP contribution in [0.5, 0.6) is 5.75 Å². The first-order chi connectivity index (χ1) is 9.22. The second kappa shape index (κ2) is 6.54. The predicted molar refractivity (Wildman–Crippen MR) is 73.4 cm³/mol. The van der Waals surface area contributed by atoms with E-state index in [0.717, 1.165) is 11.4 Å². The zero-order valence-electron chi connectivity index (χ0n) is 11.3. The monoisotopic (exact) mass is 264 g/mol. The van der Waals surface area contributed by atoms with E-state index in [0.29, 0.717) is 19.6 Å². The molecule has 2 unspecified atom stereocenters. The molecule has 0 spiro atoms. The first-order valence-electron chi connectivity index (χ1n) is 6.52. The Morgan fingerprint density at radius 3 is 3.05 bits per heavy atom. The van der Waals surface area contributed by atoms with Crippen LogP contribution in [0.4, 0.5) is 5.69 Å². The summed E-state index contributed by atoms with van der Waals surface area (Å²) in [4.78, 5) is 12.1. The Morgan fingerprint density at radius 2 is 2.37 bits per heavy atom. The number of carbonyl (C=O) groups is 1. The topological polar surface area (TPSA) is 59.6 Å². The van der Waals surface area contributed by atoms with Gasteiger partial charge in [0.05, 0.1) is 18.8 Å². The Bertz CT molecular complexity index is 436. The van der Waals surface area contributed by atoms with E-state index >= 15 is 0 Å². The molecule has 1 heterocycles. The average molecular weight is 264 g/mol. The third kappa shape index (κ3) is 3.68. The Labute approximate surface area is 113 Å². The van der Waals surface area contributed by atoms with Gasteiger partial charge in [-0.3, -0.25) is 4.79 Å². The molecular weight excluding hydrogens is 244 g/mol. The zero-order chi connectivity index (χ0) is 13.7. The molecular formula is C14H20N2O3. The number of nitrogens with one attached hydrogen (secondary N) is 2. The zero-order valence-corrected chi connectivity index (χ0v) is 11.3. The first-order valence-corrected chi connectivity index (χ1v) is 6.52. The van der Waals surface area contributed by atoms with Crippen LogP contribution in [0.3, 0.4) is 0 Å². The lowest BCUT2D eigenvalue weighted by Gasteiger charge is -2.12. The van der Waals surface area contributed by atoms with Crippen LogP contribution in [0.2, 0.25) is 0 Å². The molecule has 1 aromatic carbocycles. The van der Waals surface area contributed by atoms with Crippen molar-refractivity contribution in [2.45, 2.75) is 25.5 Å². The smallest absolute Gasteiger partial charge is 0.241 e. The average Bonchev–Trinajstić information content (AvgIpc) is 2.88. The Kier molecular flexibility index (Phi) is 4.76. The minimum atomic E-state index is -0.194. The van der Waals surface area contributed by atoms with Crippen LogP contribution in [0.1, 0.15) is 13.3 Å². The molecule has 1 aliphatic heterocycles. The maximum Gasteiger partial charge on any atom is 0.241 e. The van der Waals surface area contributed by atoms with E-state index < -0.39 is 0 Å². The number of rotatable bonds is 5. The van der Waals surface area contributed by atoms with E-state index in [9.17, 15) is 4.79 Å². The van der Waals surface area contributed by atoms with Crippen LogP contribution in [0.15, 0.2) is 24.3 Å². The van der Waals surface area contributed by atoms with Crippen molar-refractivity contribution in [2.75, 3.05) is 25.6 Å². The molecule has 1 amide bonds. The van der Waals surface area contributed by atoms with E-state index in [2.05, 4.69) is 10.6 Å². The summed E-state index contributed by atoms with van der Waals surface area (Å²) in [5.74, 6) is 0.725. The Hall–Kier alpha value is -1.59. The molecule has 1 saturated heterocycles. The number of methoxy groups -OCH3 is 1. The molecule has 104 valence electrons. The van der Waals surface area contributed by atoms with Crippen molar-refractivity contribution in [3.8, 4) is 5.75 Å². The van der Waals surface area contributed by atoms with Crippen LogP contribution in [0.25, 0.3) is 0 Å². The van der Waals surface area contributed by atoms with E-state index in [1.165, 1.54) is 0 Å². The maximum atomic E-state index is 12.1. The molecule has 0 aliphatic carbocycles. The summed E-state index contributed by atoms with van der Waals surface area (Å²) in [6, 6.07) is 7.21. The van der Waals surface area contributed by atoms with Gasteiger partial charge in [0, 0.05) is 25.4 Å². The van der Waals surface area contributed by atoms with E-state index in [1.54, 1.807) is 7.11 Å². The fourth-order valence-corrected chi connectivity index (χ4v) is 2.14. The highest BCUT2D eigenvalue weighted by Gasteiger charge is 2.29. The number of ether oxygens (including phenoxy) is 2. The normalized spacial score (nSPS) is 22.2. The van der Waals surface area contributed by atoms with Gasteiger partial charge in [0.15, 0.2) is 0 Å². The number of benzene rings is 1. The van der Waals surface area contributed by atoms with Gasteiger partial charge >= 0.3 is 0 Å². The molecule has 1 aliphatic rings. The fraction of sp³-hybridized carbons (Fsp3) is 0.500. The van der Waals surface area contributed by atoms with Crippen LogP contribution < -0.4 is 15.4 Å². The summed E-state index contributed by atoms with van der Waals surface area (Å²) in [5.41, 5.74) is 0.749. The molecule has 2 rings (SSSR count). The summed E-state index contributed by atoms with van der Waals surface area (Å²) >= 11 is 0.